The van der Waals surface area contributed by atoms with E-state index in [1.165, 1.54) is 11.1 Å². The molecule has 0 radical (unpaired) electrons. The molecule has 0 amide bonds. The van der Waals surface area contributed by atoms with Gasteiger partial charge in [0.1, 0.15) is 23.7 Å². The van der Waals surface area contributed by atoms with Gasteiger partial charge in [-0.25, -0.2) is 9.97 Å². The van der Waals surface area contributed by atoms with Gasteiger partial charge in [0.15, 0.2) is 5.82 Å². The van der Waals surface area contributed by atoms with Gasteiger partial charge in [0, 0.05) is 19.1 Å². The SMILES string of the molecule is CC(C)(O)c1ccc(OCC#Cc2cnc(N3CCC4(CC3)Cc3ccccc3[C@H]4N)c(CO)n2)cc1. The van der Waals surface area contributed by atoms with Gasteiger partial charge in [-0.3, -0.25) is 0 Å². The number of aliphatic hydroxyl groups excluding tert-OH is 1. The molecule has 3 aromatic rings. The monoisotopic (exact) mass is 498 g/mol. The molecule has 2 aromatic carbocycles. The van der Waals surface area contributed by atoms with Crippen molar-refractivity contribution in [3.05, 3.63) is 82.8 Å². The summed E-state index contributed by atoms with van der Waals surface area (Å²) in [5, 5.41) is 20.1. The van der Waals surface area contributed by atoms with Gasteiger partial charge in [0.2, 0.25) is 0 Å². The van der Waals surface area contributed by atoms with Crippen LogP contribution < -0.4 is 15.4 Å². The highest BCUT2D eigenvalue weighted by molar-refractivity contribution is 5.47. The summed E-state index contributed by atoms with van der Waals surface area (Å²) in [6.45, 7) is 5.13. The van der Waals surface area contributed by atoms with Gasteiger partial charge in [-0.15, -0.1) is 0 Å². The van der Waals surface area contributed by atoms with Crippen molar-refractivity contribution < 1.29 is 14.9 Å². The highest BCUT2D eigenvalue weighted by Crippen LogP contribution is 2.51. The molecule has 7 heteroatoms. The molecule has 0 unspecified atom stereocenters. The van der Waals surface area contributed by atoms with Crippen molar-refractivity contribution in [2.75, 3.05) is 24.6 Å². The first-order chi connectivity index (χ1) is 17.8. The zero-order valence-electron chi connectivity index (χ0n) is 21.4. The maximum atomic E-state index is 10.1. The van der Waals surface area contributed by atoms with E-state index in [1.807, 2.05) is 24.3 Å². The number of benzene rings is 2. The Hall–Kier alpha value is -3.44. The Bertz CT molecular complexity index is 1310. The predicted octanol–water partition coefficient (Wildman–Crippen LogP) is 3.47. The zero-order valence-corrected chi connectivity index (χ0v) is 21.4. The highest BCUT2D eigenvalue weighted by Gasteiger charge is 2.46. The summed E-state index contributed by atoms with van der Waals surface area (Å²) in [4.78, 5) is 11.4. The number of ether oxygens (including phenoxy) is 1. The van der Waals surface area contributed by atoms with Gasteiger partial charge < -0.3 is 25.6 Å². The van der Waals surface area contributed by atoms with E-state index in [1.54, 1.807) is 20.0 Å². The Morgan fingerprint density at radius 1 is 1.14 bits per heavy atom. The Kier molecular flexibility index (Phi) is 6.91. The van der Waals surface area contributed by atoms with Crippen LogP contribution in [0.5, 0.6) is 5.75 Å². The fourth-order valence-electron chi connectivity index (χ4n) is 5.53. The van der Waals surface area contributed by atoms with Gasteiger partial charge in [0.25, 0.3) is 0 Å². The lowest BCUT2D eigenvalue weighted by molar-refractivity contribution is 0.0785. The number of hydrogen-bond donors (Lipinski definition) is 3. The minimum absolute atomic E-state index is 0.0635. The molecular weight excluding hydrogens is 464 g/mol. The Morgan fingerprint density at radius 3 is 2.54 bits per heavy atom. The zero-order chi connectivity index (χ0) is 26.0. The summed E-state index contributed by atoms with van der Waals surface area (Å²) in [5.41, 5.74) is 10.4. The van der Waals surface area contributed by atoms with E-state index in [9.17, 15) is 10.2 Å². The van der Waals surface area contributed by atoms with Crippen LogP contribution in [0.2, 0.25) is 0 Å². The number of nitrogens with zero attached hydrogens (tertiary/aromatic N) is 3. The number of hydrogen-bond acceptors (Lipinski definition) is 7. The van der Waals surface area contributed by atoms with Crippen molar-refractivity contribution in [3.8, 4) is 17.6 Å². The van der Waals surface area contributed by atoms with Crippen LogP contribution in [0, 0.1) is 17.3 Å². The van der Waals surface area contributed by atoms with E-state index in [4.69, 9.17) is 10.5 Å². The van der Waals surface area contributed by atoms with Crippen molar-refractivity contribution in [2.45, 2.75) is 51.4 Å². The second-order valence-corrected chi connectivity index (χ2v) is 10.6. The maximum Gasteiger partial charge on any atom is 0.152 e. The quantitative estimate of drug-likeness (QED) is 0.463. The second kappa shape index (κ2) is 10.1. The summed E-state index contributed by atoms with van der Waals surface area (Å²) < 4.78 is 5.68. The summed E-state index contributed by atoms with van der Waals surface area (Å²) in [5.74, 6) is 7.33. The average Bonchev–Trinajstić information content (AvgIpc) is 3.17. The second-order valence-electron chi connectivity index (χ2n) is 10.6. The Balaban J connectivity index is 1.20. The van der Waals surface area contributed by atoms with Crippen LogP contribution in [-0.4, -0.2) is 39.9 Å². The van der Waals surface area contributed by atoms with Gasteiger partial charge in [-0.05, 0) is 73.3 Å². The molecule has 4 N–H and O–H groups in total. The van der Waals surface area contributed by atoms with Crippen molar-refractivity contribution in [2.24, 2.45) is 11.1 Å². The summed E-state index contributed by atoms with van der Waals surface area (Å²) in [7, 11) is 0. The van der Waals surface area contributed by atoms with Crippen LogP contribution in [0.4, 0.5) is 5.82 Å². The Morgan fingerprint density at radius 2 is 1.86 bits per heavy atom. The summed E-state index contributed by atoms with van der Waals surface area (Å²) >= 11 is 0. The molecule has 192 valence electrons. The lowest BCUT2D eigenvalue weighted by atomic mass is 9.73. The number of piperidine rings is 1. The first-order valence-corrected chi connectivity index (χ1v) is 12.8. The third-order valence-corrected chi connectivity index (χ3v) is 7.71. The van der Waals surface area contributed by atoms with Crippen LogP contribution in [0.15, 0.2) is 54.7 Å². The van der Waals surface area contributed by atoms with E-state index in [-0.39, 0.29) is 24.7 Å². The fourth-order valence-corrected chi connectivity index (χ4v) is 5.53. The molecule has 1 atom stereocenters. The number of fused-ring (bicyclic) bond motifs is 1. The molecule has 37 heavy (non-hydrogen) atoms. The highest BCUT2D eigenvalue weighted by atomic mass is 16.5. The molecule has 2 aliphatic rings. The third-order valence-electron chi connectivity index (χ3n) is 7.71. The summed E-state index contributed by atoms with van der Waals surface area (Å²) in [6.07, 6.45) is 4.63. The molecular formula is C30H34N4O3. The minimum atomic E-state index is -0.890. The third kappa shape index (κ3) is 5.19. The average molecular weight is 499 g/mol. The predicted molar refractivity (Wildman–Crippen MR) is 143 cm³/mol. The molecule has 5 rings (SSSR count). The molecule has 0 saturated carbocycles. The van der Waals surface area contributed by atoms with Gasteiger partial charge >= 0.3 is 0 Å². The molecule has 0 bridgehead atoms. The molecule has 1 aliphatic carbocycles. The van der Waals surface area contributed by atoms with E-state index in [2.05, 4.69) is 51.0 Å². The van der Waals surface area contributed by atoms with Gasteiger partial charge in [-0.2, -0.15) is 0 Å². The van der Waals surface area contributed by atoms with Crippen molar-refractivity contribution in [1.82, 2.24) is 9.97 Å². The van der Waals surface area contributed by atoms with Crippen molar-refractivity contribution in [1.29, 1.82) is 0 Å². The lowest BCUT2D eigenvalue weighted by Gasteiger charge is -2.42. The summed E-state index contributed by atoms with van der Waals surface area (Å²) in [6, 6.07) is 15.9. The fraction of sp³-hybridized carbons (Fsp3) is 0.400. The molecule has 1 aliphatic heterocycles. The molecule has 1 saturated heterocycles. The van der Waals surface area contributed by atoms with Crippen molar-refractivity contribution >= 4 is 5.82 Å². The van der Waals surface area contributed by atoms with E-state index in [0.717, 1.165) is 43.7 Å². The first kappa shape index (κ1) is 25.2. The molecule has 1 aromatic heterocycles. The van der Waals surface area contributed by atoms with Crippen LogP contribution in [0.3, 0.4) is 0 Å². The topological polar surface area (TPSA) is 105 Å². The van der Waals surface area contributed by atoms with E-state index >= 15 is 0 Å². The standard InChI is InChI=1S/C30H34N4O3/c1-29(2,36)22-9-11-24(12-10-22)37-17-5-7-23-19-32-28(26(20-35)33-23)34-15-13-30(14-16-34)18-21-6-3-4-8-25(21)27(30)31/h3-4,6,8-12,19,27,35-36H,13-18,20,31H2,1-2H3/t27-/m1/s1. The number of nitrogens with two attached hydrogens (primary N) is 1. The molecule has 2 heterocycles. The Labute approximate surface area is 218 Å². The largest absolute Gasteiger partial charge is 0.481 e. The maximum absolute atomic E-state index is 10.1. The number of anilines is 1. The minimum Gasteiger partial charge on any atom is -0.481 e. The van der Waals surface area contributed by atoms with Crippen LogP contribution >= 0.6 is 0 Å². The van der Waals surface area contributed by atoms with Gasteiger partial charge in [0.05, 0.1) is 18.4 Å². The number of rotatable bonds is 5. The van der Waals surface area contributed by atoms with Crippen LogP contribution in [-0.2, 0) is 18.6 Å². The lowest BCUT2D eigenvalue weighted by Crippen LogP contribution is -2.45. The van der Waals surface area contributed by atoms with E-state index in [0.29, 0.717) is 17.1 Å². The molecule has 1 fully saturated rings. The van der Waals surface area contributed by atoms with Crippen LogP contribution in [0.1, 0.15) is 60.8 Å². The molecule has 1 spiro atoms. The van der Waals surface area contributed by atoms with Crippen LogP contribution in [0.25, 0.3) is 0 Å². The van der Waals surface area contributed by atoms with Gasteiger partial charge in [-0.1, -0.05) is 42.3 Å². The van der Waals surface area contributed by atoms with Crippen molar-refractivity contribution in [3.63, 3.8) is 0 Å². The number of aromatic nitrogens is 2. The first-order valence-electron chi connectivity index (χ1n) is 12.8. The van der Waals surface area contributed by atoms with E-state index < -0.39 is 5.60 Å². The normalized spacial score (nSPS) is 18.3. The molecule has 7 nitrogen and oxygen atoms in total. The number of aliphatic hydroxyl groups is 2. The smallest absolute Gasteiger partial charge is 0.152 e.